The van der Waals surface area contributed by atoms with E-state index >= 15 is 0 Å². The molecule has 14 heavy (non-hydrogen) atoms. The van der Waals surface area contributed by atoms with E-state index in [1.165, 1.54) is 0 Å². The van der Waals surface area contributed by atoms with Crippen molar-refractivity contribution in [3.63, 3.8) is 0 Å². The summed E-state index contributed by atoms with van der Waals surface area (Å²) in [6.07, 6.45) is 0. The van der Waals surface area contributed by atoms with Crippen molar-refractivity contribution in [3.8, 4) is 0 Å². The first kappa shape index (κ1) is 26.6. The molecule has 12 heteroatoms. The molecule has 60 valence electrons. The Balaban J connectivity index is -0.000000125. The minimum Gasteiger partial charge on any atom is -0.337 e. The summed E-state index contributed by atoms with van der Waals surface area (Å²) in [5, 5.41) is 8.82. The monoisotopic (exact) mass is 278 g/mol. The zero-order valence-corrected chi connectivity index (χ0v) is 18.7. The first-order valence-corrected chi connectivity index (χ1v) is 4.42. The standard InChI is InChI=1S/C2H4O6P2.4Na/c1-2(3)6-9(4)8-10(5)7-2;;;;/h3H,1H3;;;;/q+2;;;;. The van der Waals surface area contributed by atoms with E-state index in [-0.39, 0.29) is 118 Å². The van der Waals surface area contributed by atoms with Crippen LogP contribution in [0.1, 0.15) is 6.92 Å². The van der Waals surface area contributed by atoms with Gasteiger partial charge in [0.2, 0.25) is 0 Å². The molecule has 1 fully saturated rings. The average molecular weight is 278 g/mol. The molecule has 1 N–H and O–H groups in total. The molecule has 4 radical (unpaired) electrons. The van der Waals surface area contributed by atoms with Crippen molar-refractivity contribution >= 4 is 135 Å². The Morgan fingerprint density at radius 2 is 1.29 bits per heavy atom. The van der Waals surface area contributed by atoms with Crippen LogP contribution in [0.5, 0.6) is 0 Å². The van der Waals surface area contributed by atoms with Gasteiger partial charge in [-0.15, -0.1) is 0 Å². The molecule has 1 aliphatic heterocycles. The molecular weight excluding hydrogens is 274 g/mol. The fourth-order valence-electron chi connectivity index (χ4n) is 0.381. The average Bonchev–Trinajstić information content (AvgIpc) is 1.54. The van der Waals surface area contributed by atoms with Crippen molar-refractivity contribution in [2.24, 2.45) is 0 Å². The summed E-state index contributed by atoms with van der Waals surface area (Å²) in [7, 11) is -5.06. The van der Waals surface area contributed by atoms with E-state index in [4.69, 9.17) is 5.11 Å². The summed E-state index contributed by atoms with van der Waals surface area (Å²) < 4.78 is 33.1. The summed E-state index contributed by atoms with van der Waals surface area (Å²) in [6, 6.07) is 0. The van der Waals surface area contributed by atoms with Crippen molar-refractivity contribution in [3.05, 3.63) is 0 Å². The molecule has 0 aromatic heterocycles. The van der Waals surface area contributed by atoms with Gasteiger partial charge in [-0.2, -0.15) is 0 Å². The first-order chi connectivity index (χ1) is 4.49. The van der Waals surface area contributed by atoms with E-state index in [9.17, 15) is 9.13 Å². The van der Waals surface area contributed by atoms with Gasteiger partial charge in [0.05, 0.1) is 0 Å². The van der Waals surface area contributed by atoms with E-state index in [0.29, 0.717) is 0 Å². The molecule has 6 nitrogen and oxygen atoms in total. The fraction of sp³-hybridized carbons (Fsp3) is 1.00. The van der Waals surface area contributed by atoms with Crippen LogP contribution in [0, 0.1) is 0 Å². The largest absolute Gasteiger partial charge is 0.753 e. The molecule has 1 saturated heterocycles. The predicted molar refractivity (Wildman–Crippen MR) is 52.1 cm³/mol. The minimum atomic E-state index is -2.53. The van der Waals surface area contributed by atoms with Gasteiger partial charge in [0.25, 0.3) is 0 Å². The minimum absolute atomic E-state index is 0. The van der Waals surface area contributed by atoms with Crippen molar-refractivity contribution in [1.29, 1.82) is 0 Å². The van der Waals surface area contributed by atoms with Gasteiger partial charge in [-0.3, -0.25) is 0 Å². The molecule has 1 aliphatic rings. The zero-order valence-electron chi connectivity index (χ0n) is 8.88. The van der Waals surface area contributed by atoms with Crippen molar-refractivity contribution in [2.45, 2.75) is 12.9 Å². The number of hydrogen-bond donors (Lipinski definition) is 1. The second-order valence-corrected chi connectivity index (χ2v) is 3.52. The summed E-state index contributed by atoms with van der Waals surface area (Å²) in [4.78, 5) is 0. The summed E-state index contributed by atoms with van der Waals surface area (Å²) in [5.41, 5.74) is 0. The molecule has 0 saturated carbocycles. The Morgan fingerprint density at radius 1 is 1.00 bits per heavy atom. The Bertz CT molecular complexity index is 180. The second-order valence-electron chi connectivity index (χ2n) is 1.61. The smallest absolute Gasteiger partial charge is 0.337 e. The van der Waals surface area contributed by atoms with E-state index in [2.05, 4.69) is 13.4 Å². The summed E-state index contributed by atoms with van der Waals surface area (Å²) >= 11 is 0. The van der Waals surface area contributed by atoms with Crippen molar-refractivity contribution in [2.75, 3.05) is 0 Å². The third kappa shape index (κ3) is 11.1. The van der Waals surface area contributed by atoms with Crippen LogP contribution >= 0.6 is 16.5 Å². The second kappa shape index (κ2) is 12.1. The van der Waals surface area contributed by atoms with Gasteiger partial charge in [-0.05, 0) is 9.05 Å². The topological polar surface area (TPSA) is 82.1 Å². The van der Waals surface area contributed by atoms with E-state index in [1.807, 2.05) is 0 Å². The molecule has 1 heterocycles. The normalized spacial score (nSPS) is 29.9. The van der Waals surface area contributed by atoms with Crippen LogP contribution in [0.4, 0.5) is 0 Å². The van der Waals surface area contributed by atoms with Crippen LogP contribution in [0.2, 0.25) is 0 Å². The first-order valence-electron chi connectivity index (χ1n) is 2.23. The van der Waals surface area contributed by atoms with Crippen LogP contribution in [0.15, 0.2) is 0 Å². The van der Waals surface area contributed by atoms with Gasteiger partial charge < -0.3 is 5.11 Å². The third-order valence-corrected chi connectivity index (χ3v) is 2.66. The van der Waals surface area contributed by atoms with Crippen molar-refractivity contribution < 1.29 is 27.6 Å². The Kier molecular flexibility index (Phi) is 23.0. The fourth-order valence-corrected chi connectivity index (χ4v) is 1.77. The molecule has 1 rings (SSSR count). The summed E-state index contributed by atoms with van der Waals surface area (Å²) in [5.74, 6) is -2.07. The van der Waals surface area contributed by atoms with Gasteiger partial charge in [0.15, 0.2) is 4.31 Å². The molecular formula is C2H4Na4O6P2+2. The molecule has 0 amide bonds. The van der Waals surface area contributed by atoms with Crippen LogP contribution in [-0.4, -0.2) is 129 Å². The molecule has 0 bridgehead atoms. The zero-order chi connectivity index (χ0) is 7.78. The maximum Gasteiger partial charge on any atom is 0.753 e. The van der Waals surface area contributed by atoms with Crippen molar-refractivity contribution in [1.82, 2.24) is 0 Å². The maximum absolute atomic E-state index is 10.4. The molecule has 2 atom stereocenters. The van der Waals surface area contributed by atoms with E-state index in [0.717, 1.165) is 6.92 Å². The molecule has 2 unspecified atom stereocenters. The quantitative estimate of drug-likeness (QED) is 0.475. The number of rotatable bonds is 0. The Hall–Kier alpha value is 4.04. The maximum atomic E-state index is 10.4. The van der Waals surface area contributed by atoms with E-state index < -0.39 is 22.5 Å². The molecule has 0 aromatic carbocycles. The van der Waals surface area contributed by atoms with Gasteiger partial charge in [0, 0.05) is 134 Å². The summed E-state index contributed by atoms with van der Waals surface area (Å²) in [6.45, 7) is 1.07. The SMILES string of the molecule is CC1(O)O[P+](=O)O[P+](=O)O1.[Na].[Na].[Na].[Na]. The molecule has 0 spiro atoms. The van der Waals surface area contributed by atoms with Gasteiger partial charge in [-0.1, -0.05) is 0 Å². The molecule has 0 aliphatic carbocycles. The van der Waals surface area contributed by atoms with E-state index in [1.54, 1.807) is 0 Å². The molecule has 0 aromatic rings. The predicted octanol–water partition coefficient (Wildman–Crippen LogP) is -0.493. The third-order valence-electron chi connectivity index (χ3n) is 0.621. The van der Waals surface area contributed by atoms with Crippen LogP contribution < -0.4 is 0 Å². The van der Waals surface area contributed by atoms with Gasteiger partial charge in [-0.25, -0.2) is 0 Å². The van der Waals surface area contributed by atoms with Crippen LogP contribution in [0.3, 0.4) is 0 Å². The Labute approximate surface area is 172 Å². The Morgan fingerprint density at radius 3 is 1.50 bits per heavy atom. The number of hydrogen-bond acceptors (Lipinski definition) is 6. The van der Waals surface area contributed by atoms with Crippen LogP contribution in [0.25, 0.3) is 0 Å². The van der Waals surface area contributed by atoms with Crippen LogP contribution in [-0.2, 0) is 22.5 Å². The van der Waals surface area contributed by atoms with Gasteiger partial charge >= 0.3 is 22.5 Å². The number of aliphatic hydroxyl groups is 1. The van der Waals surface area contributed by atoms with Gasteiger partial charge in [0.1, 0.15) is 0 Å².